The van der Waals surface area contributed by atoms with Crippen molar-refractivity contribution < 1.29 is 4.79 Å². The molecule has 2 N–H and O–H groups in total. The molecule has 0 radical (unpaired) electrons. The Morgan fingerprint density at radius 1 is 0.720 bits per heavy atom. The number of unbranched alkanes of at least 4 members (excludes halogenated alkanes) is 13. The lowest BCUT2D eigenvalue weighted by atomic mass is 10.0. The Labute approximate surface area is 158 Å². The third kappa shape index (κ3) is 19.6. The molecule has 0 aromatic heterocycles. The van der Waals surface area contributed by atoms with Crippen molar-refractivity contribution in [2.45, 2.75) is 123 Å². The molecule has 3 nitrogen and oxygen atoms in total. The fraction of sp³-hybridized carbons (Fsp3) is 0.955. The summed E-state index contributed by atoms with van der Waals surface area (Å²) in [7, 11) is 0. The smallest absolute Gasteiger partial charge is 0.233 e. The van der Waals surface area contributed by atoms with Gasteiger partial charge in [0.25, 0.3) is 0 Å². The lowest BCUT2D eigenvalue weighted by molar-refractivity contribution is -0.120. The van der Waals surface area contributed by atoms with Crippen LogP contribution in [-0.4, -0.2) is 25.0 Å². The van der Waals surface area contributed by atoms with E-state index in [-0.39, 0.29) is 5.91 Å². The molecule has 0 aromatic rings. The third-order valence-corrected chi connectivity index (χ3v) is 5.08. The number of rotatable bonds is 19. The van der Waals surface area contributed by atoms with Crippen LogP contribution in [0.3, 0.4) is 0 Å². The van der Waals surface area contributed by atoms with Crippen LogP contribution < -0.4 is 10.6 Å². The predicted molar refractivity (Wildman–Crippen MR) is 111 cm³/mol. The van der Waals surface area contributed by atoms with Gasteiger partial charge in [0.2, 0.25) is 5.91 Å². The van der Waals surface area contributed by atoms with Crippen molar-refractivity contribution in [2.24, 2.45) is 0 Å². The van der Waals surface area contributed by atoms with Crippen LogP contribution in [0.1, 0.15) is 117 Å². The molecule has 1 unspecified atom stereocenters. The maximum Gasteiger partial charge on any atom is 0.233 e. The lowest BCUT2D eigenvalue weighted by Crippen LogP contribution is -2.38. The highest BCUT2D eigenvalue weighted by molar-refractivity contribution is 5.77. The second-order valence-corrected chi connectivity index (χ2v) is 7.64. The minimum atomic E-state index is 0.134. The standard InChI is InChI=1S/C22H46N2O/c1-4-6-7-8-9-10-11-12-13-14-15-16-17-18-19-23-22(25)20-24-21(3)5-2/h21,24H,4-20H2,1-3H3,(H,23,25). The van der Waals surface area contributed by atoms with Crippen molar-refractivity contribution in [1.29, 1.82) is 0 Å². The van der Waals surface area contributed by atoms with E-state index in [2.05, 4.69) is 31.4 Å². The molecular weight excluding hydrogens is 308 g/mol. The zero-order valence-corrected chi connectivity index (χ0v) is 17.5. The molecule has 0 aliphatic rings. The van der Waals surface area contributed by atoms with Crippen molar-refractivity contribution >= 4 is 5.91 Å². The molecule has 0 spiro atoms. The molecule has 0 aliphatic carbocycles. The van der Waals surface area contributed by atoms with E-state index in [1.54, 1.807) is 0 Å². The SMILES string of the molecule is CCCCCCCCCCCCCCCCNC(=O)CNC(C)CC. The molecule has 0 aromatic carbocycles. The Hall–Kier alpha value is -0.570. The summed E-state index contributed by atoms with van der Waals surface area (Å²) in [5.41, 5.74) is 0. The minimum absolute atomic E-state index is 0.134. The van der Waals surface area contributed by atoms with Gasteiger partial charge in [-0.15, -0.1) is 0 Å². The Morgan fingerprint density at radius 3 is 1.60 bits per heavy atom. The largest absolute Gasteiger partial charge is 0.355 e. The van der Waals surface area contributed by atoms with Crippen molar-refractivity contribution in [3.63, 3.8) is 0 Å². The Morgan fingerprint density at radius 2 is 1.16 bits per heavy atom. The number of hydrogen-bond acceptors (Lipinski definition) is 2. The Kier molecular flexibility index (Phi) is 19.3. The predicted octanol–water partition coefficient (Wildman–Crippen LogP) is 5.97. The number of carbonyl (C=O) groups is 1. The van der Waals surface area contributed by atoms with Gasteiger partial charge >= 0.3 is 0 Å². The van der Waals surface area contributed by atoms with Crippen LogP contribution in [-0.2, 0) is 4.79 Å². The Bertz CT molecular complexity index is 281. The van der Waals surface area contributed by atoms with Crippen molar-refractivity contribution in [3.05, 3.63) is 0 Å². The van der Waals surface area contributed by atoms with E-state index >= 15 is 0 Å². The molecule has 150 valence electrons. The lowest BCUT2D eigenvalue weighted by Gasteiger charge is -2.11. The van der Waals surface area contributed by atoms with E-state index in [0.717, 1.165) is 19.4 Å². The maximum absolute atomic E-state index is 11.6. The topological polar surface area (TPSA) is 41.1 Å². The zero-order valence-electron chi connectivity index (χ0n) is 17.5. The molecule has 1 amide bonds. The molecule has 25 heavy (non-hydrogen) atoms. The first-order chi connectivity index (χ1) is 12.2. The number of nitrogens with one attached hydrogen (secondary N) is 2. The van der Waals surface area contributed by atoms with Gasteiger partial charge in [-0.05, 0) is 19.8 Å². The second kappa shape index (κ2) is 19.8. The second-order valence-electron chi connectivity index (χ2n) is 7.64. The van der Waals surface area contributed by atoms with Gasteiger partial charge < -0.3 is 10.6 Å². The fourth-order valence-electron chi connectivity index (χ4n) is 3.02. The molecule has 0 rings (SSSR count). The average Bonchev–Trinajstić information content (AvgIpc) is 2.62. The van der Waals surface area contributed by atoms with Gasteiger partial charge in [0.1, 0.15) is 0 Å². The third-order valence-electron chi connectivity index (χ3n) is 5.08. The van der Waals surface area contributed by atoms with E-state index in [0.29, 0.717) is 12.6 Å². The summed E-state index contributed by atoms with van der Waals surface area (Å²) < 4.78 is 0. The summed E-state index contributed by atoms with van der Waals surface area (Å²) >= 11 is 0. The molecule has 3 heteroatoms. The van der Waals surface area contributed by atoms with Gasteiger partial charge in [0.15, 0.2) is 0 Å². The monoisotopic (exact) mass is 354 g/mol. The van der Waals surface area contributed by atoms with E-state index in [4.69, 9.17) is 0 Å². The molecule has 1 atom stereocenters. The maximum atomic E-state index is 11.6. The summed E-state index contributed by atoms with van der Waals surface area (Å²) in [5.74, 6) is 0.134. The van der Waals surface area contributed by atoms with Crippen LogP contribution in [0.15, 0.2) is 0 Å². The molecule has 0 aliphatic heterocycles. The zero-order chi connectivity index (χ0) is 18.6. The van der Waals surface area contributed by atoms with Gasteiger partial charge in [0.05, 0.1) is 6.54 Å². The van der Waals surface area contributed by atoms with Crippen LogP contribution >= 0.6 is 0 Å². The number of carbonyl (C=O) groups excluding carboxylic acids is 1. The van der Waals surface area contributed by atoms with Crippen LogP contribution in [0.5, 0.6) is 0 Å². The molecule has 0 saturated carbocycles. The van der Waals surface area contributed by atoms with Crippen LogP contribution in [0, 0.1) is 0 Å². The number of hydrogen-bond donors (Lipinski definition) is 2. The summed E-state index contributed by atoms with van der Waals surface area (Å²) in [6.07, 6.45) is 20.3. The highest BCUT2D eigenvalue weighted by atomic mass is 16.1. The van der Waals surface area contributed by atoms with Crippen molar-refractivity contribution in [3.8, 4) is 0 Å². The summed E-state index contributed by atoms with van der Waals surface area (Å²) in [6.45, 7) is 7.81. The van der Waals surface area contributed by atoms with Gasteiger partial charge in [0, 0.05) is 12.6 Å². The fourth-order valence-corrected chi connectivity index (χ4v) is 3.02. The highest BCUT2D eigenvalue weighted by Gasteiger charge is 2.02. The van der Waals surface area contributed by atoms with E-state index in [1.807, 2.05) is 0 Å². The van der Waals surface area contributed by atoms with Crippen LogP contribution in [0.4, 0.5) is 0 Å². The first-order valence-electron chi connectivity index (χ1n) is 11.2. The van der Waals surface area contributed by atoms with Crippen molar-refractivity contribution in [1.82, 2.24) is 10.6 Å². The van der Waals surface area contributed by atoms with Crippen molar-refractivity contribution in [2.75, 3.05) is 13.1 Å². The summed E-state index contributed by atoms with van der Waals surface area (Å²) in [5, 5.41) is 6.23. The van der Waals surface area contributed by atoms with Gasteiger partial charge in [-0.25, -0.2) is 0 Å². The molecule has 0 fully saturated rings. The molecule has 0 bridgehead atoms. The van der Waals surface area contributed by atoms with E-state index in [1.165, 1.54) is 83.5 Å². The van der Waals surface area contributed by atoms with Gasteiger partial charge in [-0.1, -0.05) is 97.3 Å². The highest BCUT2D eigenvalue weighted by Crippen LogP contribution is 2.12. The minimum Gasteiger partial charge on any atom is -0.355 e. The summed E-state index contributed by atoms with van der Waals surface area (Å²) in [6, 6.07) is 0.423. The van der Waals surface area contributed by atoms with E-state index in [9.17, 15) is 4.79 Å². The average molecular weight is 355 g/mol. The first-order valence-corrected chi connectivity index (χ1v) is 11.2. The first kappa shape index (κ1) is 24.4. The molecular formula is C22H46N2O. The molecule has 0 heterocycles. The van der Waals surface area contributed by atoms with Gasteiger partial charge in [-0.2, -0.15) is 0 Å². The normalized spacial score (nSPS) is 12.3. The molecule has 0 saturated heterocycles. The summed E-state index contributed by atoms with van der Waals surface area (Å²) in [4.78, 5) is 11.6. The quantitative estimate of drug-likeness (QED) is 0.280. The van der Waals surface area contributed by atoms with E-state index < -0.39 is 0 Å². The van der Waals surface area contributed by atoms with Gasteiger partial charge in [-0.3, -0.25) is 4.79 Å². The van der Waals surface area contributed by atoms with Crippen LogP contribution in [0.2, 0.25) is 0 Å². The Balaban J connectivity index is 3.12. The van der Waals surface area contributed by atoms with Crippen LogP contribution in [0.25, 0.3) is 0 Å². The number of amides is 1.